The van der Waals surface area contributed by atoms with Crippen LogP contribution in [-0.2, 0) is 16.0 Å². The molecular formula is C17H23N3O3. The number of aryl methyl sites for hydroxylation is 1. The molecule has 0 unspecified atom stereocenters. The fourth-order valence-corrected chi connectivity index (χ4v) is 3.05. The number of amides is 2. The van der Waals surface area contributed by atoms with E-state index in [-0.39, 0.29) is 17.9 Å². The molecule has 1 fully saturated rings. The van der Waals surface area contributed by atoms with Crippen LogP contribution >= 0.6 is 0 Å². The number of hydrogen-bond donors (Lipinski definition) is 2. The van der Waals surface area contributed by atoms with Crippen LogP contribution in [0, 0.1) is 0 Å². The molecule has 0 bridgehead atoms. The van der Waals surface area contributed by atoms with Gasteiger partial charge < -0.3 is 15.4 Å². The lowest BCUT2D eigenvalue weighted by molar-refractivity contribution is -0.116. The maximum absolute atomic E-state index is 12.4. The Balaban J connectivity index is 1.58. The zero-order valence-corrected chi connectivity index (χ0v) is 13.4. The second-order valence-electron chi connectivity index (χ2n) is 6.21. The van der Waals surface area contributed by atoms with Gasteiger partial charge in [0.05, 0.1) is 13.2 Å². The first-order valence-corrected chi connectivity index (χ1v) is 8.15. The first-order chi connectivity index (χ1) is 11.1. The van der Waals surface area contributed by atoms with Crippen molar-refractivity contribution in [3.63, 3.8) is 0 Å². The van der Waals surface area contributed by atoms with Crippen LogP contribution in [-0.4, -0.2) is 55.6 Å². The second-order valence-corrected chi connectivity index (χ2v) is 6.21. The van der Waals surface area contributed by atoms with Gasteiger partial charge in [0.15, 0.2) is 0 Å². The Morgan fingerprint density at radius 2 is 2.13 bits per heavy atom. The summed E-state index contributed by atoms with van der Waals surface area (Å²) in [5, 5.41) is 5.88. The van der Waals surface area contributed by atoms with Crippen LogP contribution in [0.15, 0.2) is 18.2 Å². The van der Waals surface area contributed by atoms with E-state index < -0.39 is 0 Å². The number of carbonyl (C=O) groups is 2. The average Bonchev–Trinajstić information content (AvgIpc) is 2.55. The van der Waals surface area contributed by atoms with Crippen LogP contribution in [0.25, 0.3) is 0 Å². The number of fused-ring (bicyclic) bond motifs is 1. The number of hydrogen-bond acceptors (Lipinski definition) is 4. The minimum Gasteiger partial charge on any atom is -0.379 e. The molecule has 6 heteroatoms. The molecule has 2 heterocycles. The van der Waals surface area contributed by atoms with Crippen molar-refractivity contribution in [1.82, 2.24) is 10.2 Å². The van der Waals surface area contributed by atoms with Crippen molar-refractivity contribution in [1.29, 1.82) is 0 Å². The molecule has 0 aromatic heterocycles. The summed E-state index contributed by atoms with van der Waals surface area (Å²) >= 11 is 0. The molecule has 0 aliphatic carbocycles. The number of carbonyl (C=O) groups excluding carboxylic acids is 2. The number of nitrogens with one attached hydrogen (secondary N) is 2. The van der Waals surface area contributed by atoms with Crippen molar-refractivity contribution in [3.8, 4) is 0 Å². The van der Waals surface area contributed by atoms with Crippen LogP contribution in [0.1, 0.15) is 29.3 Å². The average molecular weight is 317 g/mol. The highest BCUT2D eigenvalue weighted by atomic mass is 16.5. The van der Waals surface area contributed by atoms with Crippen molar-refractivity contribution >= 4 is 17.5 Å². The molecule has 1 aromatic rings. The molecule has 2 aliphatic rings. The standard InChI is InChI=1S/C17H23N3O3/c1-12(11-20-6-8-23-9-7-20)18-17(22)14-2-4-15-13(10-14)3-5-16(21)19-15/h2,4,10,12H,3,5-9,11H2,1H3,(H,18,22)(H,19,21)/t12-/m1/s1. The van der Waals surface area contributed by atoms with E-state index in [0.29, 0.717) is 18.4 Å². The van der Waals surface area contributed by atoms with Crippen LogP contribution in [0.4, 0.5) is 5.69 Å². The Kier molecular flexibility index (Phi) is 4.93. The first kappa shape index (κ1) is 16.0. The van der Waals surface area contributed by atoms with Crippen LogP contribution < -0.4 is 10.6 Å². The monoisotopic (exact) mass is 317 g/mol. The van der Waals surface area contributed by atoms with Gasteiger partial charge in [-0.3, -0.25) is 14.5 Å². The molecule has 0 saturated carbocycles. The summed E-state index contributed by atoms with van der Waals surface area (Å²) in [7, 11) is 0. The lowest BCUT2D eigenvalue weighted by Gasteiger charge is -2.29. The van der Waals surface area contributed by atoms with Crippen LogP contribution in [0.5, 0.6) is 0 Å². The lowest BCUT2D eigenvalue weighted by Crippen LogP contribution is -2.46. The van der Waals surface area contributed by atoms with E-state index in [4.69, 9.17) is 4.74 Å². The van der Waals surface area contributed by atoms with E-state index in [2.05, 4.69) is 15.5 Å². The summed E-state index contributed by atoms with van der Waals surface area (Å²) in [4.78, 5) is 26.1. The first-order valence-electron chi connectivity index (χ1n) is 8.15. The van der Waals surface area contributed by atoms with Crippen LogP contribution in [0.2, 0.25) is 0 Å². The maximum atomic E-state index is 12.4. The number of nitrogens with zero attached hydrogens (tertiary/aromatic N) is 1. The Morgan fingerprint density at radius 1 is 1.35 bits per heavy atom. The molecule has 23 heavy (non-hydrogen) atoms. The highest BCUT2D eigenvalue weighted by Crippen LogP contribution is 2.23. The van der Waals surface area contributed by atoms with Gasteiger partial charge in [-0.1, -0.05) is 0 Å². The highest BCUT2D eigenvalue weighted by molar-refractivity contribution is 5.98. The van der Waals surface area contributed by atoms with Gasteiger partial charge in [-0.25, -0.2) is 0 Å². The number of anilines is 1. The number of ether oxygens (including phenoxy) is 1. The van der Waals surface area contributed by atoms with Gasteiger partial charge in [-0.2, -0.15) is 0 Å². The van der Waals surface area contributed by atoms with Gasteiger partial charge >= 0.3 is 0 Å². The van der Waals surface area contributed by atoms with E-state index in [1.54, 1.807) is 6.07 Å². The zero-order valence-electron chi connectivity index (χ0n) is 13.4. The fourth-order valence-electron chi connectivity index (χ4n) is 3.05. The third-order valence-corrected chi connectivity index (χ3v) is 4.28. The summed E-state index contributed by atoms with van der Waals surface area (Å²) in [6.45, 7) is 6.20. The number of benzene rings is 1. The Labute approximate surface area is 136 Å². The van der Waals surface area contributed by atoms with E-state index >= 15 is 0 Å². The van der Waals surface area contributed by atoms with Crippen molar-refractivity contribution < 1.29 is 14.3 Å². The third kappa shape index (κ3) is 4.09. The molecule has 1 aromatic carbocycles. The summed E-state index contributed by atoms with van der Waals surface area (Å²) in [6.07, 6.45) is 1.16. The molecule has 3 rings (SSSR count). The maximum Gasteiger partial charge on any atom is 0.251 e. The van der Waals surface area contributed by atoms with E-state index in [9.17, 15) is 9.59 Å². The SMILES string of the molecule is C[C@H](CN1CCOCC1)NC(=O)c1ccc2c(c1)CCC(=O)N2. The molecule has 0 radical (unpaired) electrons. The smallest absolute Gasteiger partial charge is 0.251 e. The quantitative estimate of drug-likeness (QED) is 0.870. The van der Waals surface area contributed by atoms with E-state index in [1.165, 1.54) is 0 Å². The number of morpholine rings is 1. The minimum atomic E-state index is -0.0644. The normalized spacial score (nSPS) is 19.6. The summed E-state index contributed by atoms with van der Waals surface area (Å²) in [6, 6.07) is 5.54. The molecule has 6 nitrogen and oxygen atoms in total. The van der Waals surface area contributed by atoms with Gasteiger partial charge in [0.2, 0.25) is 5.91 Å². The van der Waals surface area contributed by atoms with Gasteiger partial charge in [-0.15, -0.1) is 0 Å². The van der Waals surface area contributed by atoms with Crippen molar-refractivity contribution in [3.05, 3.63) is 29.3 Å². The summed E-state index contributed by atoms with van der Waals surface area (Å²) in [5.74, 6) is -0.0284. The molecular weight excluding hydrogens is 294 g/mol. The molecule has 2 aliphatic heterocycles. The molecule has 2 amide bonds. The minimum absolute atomic E-state index is 0.0360. The predicted octanol–water partition coefficient (Wildman–Crippen LogP) is 1.02. The third-order valence-electron chi connectivity index (χ3n) is 4.28. The second kappa shape index (κ2) is 7.10. The summed E-state index contributed by atoms with van der Waals surface area (Å²) in [5.41, 5.74) is 2.49. The van der Waals surface area contributed by atoms with Crippen LogP contribution in [0.3, 0.4) is 0 Å². The number of rotatable bonds is 4. The van der Waals surface area contributed by atoms with Crippen molar-refractivity contribution in [2.45, 2.75) is 25.8 Å². The van der Waals surface area contributed by atoms with Gasteiger partial charge in [0.25, 0.3) is 5.91 Å². The molecule has 124 valence electrons. The highest BCUT2D eigenvalue weighted by Gasteiger charge is 2.19. The van der Waals surface area contributed by atoms with Gasteiger partial charge in [0.1, 0.15) is 0 Å². The largest absolute Gasteiger partial charge is 0.379 e. The molecule has 2 N–H and O–H groups in total. The Morgan fingerprint density at radius 3 is 2.91 bits per heavy atom. The van der Waals surface area contributed by atoms with Gasteiger partial charge in [0, 0.05) is 43.3 Å². The molecule has 0 spiro atoms. The predicted molar refractivity (Wildman–Crippen MR) is 87.6 cm³/mol. The van der Waals surface area contributed by atoms with E-state index in [0.717, 1.165) is 44.1 Å². The summed E-state index contributed by atoms with van der Waals surface area (Å²) < 4.78 is 5.33. The lowest BCUT2D eigenvalue weighted by atomic mass is 10.00. The molecule has 1 saturated heterocycles. The Bertz CT molecular complexity index is 597. The zero-order chi connectivity index (χ0) is 16.2. The van der Waals surface area contributed by atoms with Crippen molar-refractivity contribution in [2.24, 2.45) is 0 Å². The Hall–Kier alpha value is -1.92. The fraction of sp³-hybridized carbons (Fsp3) is 0.529. The topological polar surface area (TPSA) is 70.7 Å². The van der Waals surface area contributed by atoms with Crippen molar-refractivity contribution in [2.75, 3.05) is 38.2 Å². The van der Waals surface area contributed by atoms with Gasteiger partial charge in [-0.05, 0) is 37.1 Å². The van der Waals surface area contributed by atoms with E-state index in [1.807, 2.05) is 19.1 Å². The molecule has 1 atom stereocenters.